The highest BCUT2D eigenvalue weighted by Crippen LogP contribution is 2.26. The molecule has 1 fully saturated rings. The summed E-state index contributed by atoms with van der Waals surface area (Å²) in [7, 11) is -3.77. The first-order valence-electron chi connectivity index (χ1n) is 7.60. The topological polar surface area (TPSA) is 119 Å². The maximum atomic E-state index is 12.2. The smallest absolute Gasteiger partial charge is 0.240 e. The van der Waals surface area contributed by atoms with Crippen molar-refractivity contribution < 1.29 is 18.0 Å². The van der Waals surface area contributed by atoms with E-state index >= 15 is 0 Å². The second-order valence-electron chi connectivity index (χ2n) is 5.54. The number of nitrogens with zero attached hydrogens (tertiary/aromatic N) is 1. The molecule has 1 heterocycles. The summed E-state index contributed by atoms with van der Waals surface area (Å²) in [4.78, 5) is 28.6. The van der Waals surface area contributed by atoms with Crippen LogP contribution in [-0.4, -0.2) is 30.5 Å². The molecule has 1 amide bonds. The zero-order chi connectivity index (χ0) is 18.7. The highest BCUT2D eigenvalue weighted by Gasteiger charge is 2.32. The molecular formula is C17H15N3O4S2. The van der Waals surface area contributed by atoms with Crippen LogP contribution in [0.2, 0.25) is 0 Å². The van der Waals surface area contributed by atoms with Gasteiger partial charge in [0, 0.05) is 12.0 Å². The summed E-state index contributed by atoms with van der Waals surface area (Å²) in [5, 5.41) is 7.49. The number of sulfonamides is 1. The van der Waals surface area contributed by atoms with Crippen LogP contribution in [0.1, 0.15) is 16.8 Å². The number of carbonyl (C=O) groups excluding carboxylic acids is 2. The molecule has 3 N–H and O–H groups in total. The molecule has 2 aromatic rings. The molecule has 1 unspecified atom stereocenters. The molecule has 1 aliphatic rings. The van der Waals surface area contributed by atoms with E-state index in [1.807, 2.05) is 6.07 Å². The molecule has 134 valence electrons. The number of amidine groups is 1. The largest absolute Gasteiger partial charge is 0.304 e. The summed E-state index contributed by atoms with van der Waals surface area (Å²) < 4.78 is 22.5. The van der Waals surface area contributed by atoms with Gasteiger partial charge in [-0.05, 0) is 24.3 Å². The molecule has 1 atom stereocenters. The van der Waals surface area contributed by atoms with Crippen molar-refractivity contribution >= 4 is 44.3 Å². The van der Waals surface area contributed by atoms with Gasteiger partial charge >= 0.3 is 0 Å². The number of hydrogen-bond donors (Lipinski definition) is 2. The summed E-state index contributed by atoms with van der Waals surface area (Å²) in [6.07, 6.45) is 0.0733. The Hall–Kier alpha value is -2.49. The molecule has 2 aromatic carbocycles. The third-order valence-electron chi connectivity index (χ3n) is 3.64. The first-order valence-corrected chi connectivity index (χ1v) is 10.0. The molecule has 1 saturated heterocycles. The van der Waals surface area contributed by atoms with Crippen molar-refractivity contribution in [1.82, 2.24) is 5.32 Å². The van der Waals surface area contributed by atoms with E-state index in [0.29, 0.717) is 16.4 Å². The Balaban J connectivity index is 1.69. The number of primary sulfonamides is 1. The molecule has 0 radical (unpaired) electrons. The minimum absolute atomic E-state index is 0.0177. The van der Waals surface area contributed by atoms with Crippen LogP contribution in [0.25, 0.3) is 0 Å². The molecule has 7 nitrogen and oxygen atoms in total. The number of amides is 1. The fourth-order valence-electron chi connectivity index (χ4n) is 2.33. The number of rotatable bonds is 5. The van der Waals surface area contributed by atoms with Gasteiger partial charge in [-0.15, -0.1) is 0 Å². The zero-order valence-electron chi connectivity index (χ0n) is 13.5. The van der Waals surface area contributed by atoms with Gasteiger partial charge in [0.1, 0.15) is 0 Å². The van der Waals surface area contributed by atoms with Crippen molar-refractivity contribution in [2.45, 2.75) is 16.6 Å². The molecule has 0 bridgehead atoms. The van der Waals surface area contributed by atoms with E-state index in [1.165, 1.54) is 36.0 Å². The van der Waals surface area contributed by atoms with Crippen LogP contribution in [0.3, 0.4) is 0 Å². The Bertz CT molecular complexity index is 971. The number of Topliss-reactive ketones (excluding diaryl/α,β-unsaturated/α-hetero) is 1. The maximum absolute atomic E-state index is 12.2. The van der Waals surface area contributed by atoms with Crippen LogP contribution < -0.4 is 10.5 Å². The summed E-state index contributed by atoms with van der Waals surface area (Å²) in [5.41, 5.74) is 1.03. The number of thioether (sulfide) groups is 1. The van der Waals surface area contributed by atoms with Crippen LogP contribution in [0.15, 0.2) is 64.5 Å². The van der Waals surface area contributed by atoms with Crippen LogP contribution in [0, 0.1) is 0 Å². The van der Waals surface area contributed by atoms with Crippen molar-refractivity contribution in [1.29, 1.82) is 0 Å². The van der Waals surface area contributed by atoms with Crippen molar-refractivity contribution in [2.24, 2.45) is 10.1 Å². The Labute approximate surface area is 154 Å². The van der Waals surface area contributed by atoms with E-state index in [2.05, 4.69) is 10.3 Å². The van der Waals surface area contributed by atoms with Crippen molar-refractivity contribution in [3.63, 3.8) is 0 Å². The van der Waals surface area contributed by atoms with E-state index in [-0.39, 0.29) is 23.0 Å². The van der Waals surface area contributed by atoms with Crippen LogP contribution >= 0.6 is 11.8 Å². The third-order valence-corrected chi connectivity index (χ3v) is 5.65. The SMILES string of the molecule is NS(=O)(=O)c1ccc(N=C2NC(=O)C(CC(=O)c3ccccc3)S2)cc1. The number of ketones is 1. The van der Waals surface area contributed by atoms with Gasteiger partial charge in [0.25, 0.3) is 0 Å². The molecule has 3 rings (SSSR count). The monoisotopic (exact) mass is 389 g/mol. The summed E-state index contributed by atoms with van der Waals surface area (Å²) in [6, 6.07) is 14.4. The molecule has 0 saturated carbocycles. The van der Waals surface area contributed by atoms with Gasteiger partial charge in [-0.2, -0.15) is 0 Å². The molecule has 26 heavy (non-hydrogen) atoms. The Morgan fingerprint density at radius 3 is 2.38 bits per heavy atom. The van der Waals surface area contributed by atoms with E-state index in [1.54, 1.807) is 24.3 Å². The van der Waals surface area contributed by atoms with Crippen LogP contribution in [-0.2, 0) is 14.8 Å². The van der Waals surface area contributed by atoms with Gasteiger partial charge in [-0.1, -0.05) is 42.1 Å². The number of carbonyl (C=O) groups is 2. The van der Waals surface area contributed by atoms with E-state index in [9.17, 15) is 18.0 Å². The van der Waals surface area contributed by atoms with Gasteiger partial charge in [0.15, 0.2) is 11.0 Å². The molecular weight excluding hydrogens is 374 g/mol. The lowest BCUT2D eigenvalue weighted by Gasteiger charge is -2.04. The average Bonchev–Trinajstić information content (AvgIpc) is 2.94. The minimum atomic E-state index is -3.77. The lowest BCUT2D eigenvalue weighted by Crippen LogP contribution is -2.26. The normalized spacial score (nSPS) is 18.7. The minimum Gasteiger partial charge on any atom is -0.304 e. The summed E-state index contributed by atoms with van der Waals surface area (Å²) in [5.74, 6) is -0.392. The van der Waals surface area contributed by atoms with Crippen molar-refractivity contribution in [3.8, 4) is 0 Å². The van der Waals surface area contributed by atoms with Gasteiger partial charge in [-0.25, -0.2) is 18.5 Å². The van der Waals surface area contributed by atoms with Gasteiger partial charge in [-0.3, -0.25) is 9.59 Å². The third kappa shape index (κ3) is 4.37. The number of nitrogens with one attached hydrogen (secondary N) is 1. The zero-order valence-corrected chi connectivity index (χ0v) is 15.1. The van der Waals surface area contributed by atoms with Crippen LogP contribution in [0.4, 0.5) is 5.69 Å². The molecule has 9 heteroatoms. The van der Waals surface area contributed by atoms with Gasteiger partial charge in [0.05, 0.1) is 15.8 Å². The Morgan fingerprint density at radius 2 is 1.77 bits per heavy atom. The summed E-state index contributed by atoms with van der Waals surface area (Å²) >= 11 is 1.17. The fourth-order valence-corrected chi connectivity index (χ4v) is 3.83. The lowest BCUT2D eigenvalue weighted by molar-refractivity contribution is -0.118. The van der Waals surface area contributed by atoms with Crippen LogP contribution in [0.5, 0.6) is 0 Å². The van der Waals surface area contributed by atoms with E-state index in [0.717, 1.165) is 0 Å². The second-order valence-corrected chi connectivity index (χ2v) is 8.30. The first kappa shape index (κ1) is 18.3. The predicted octanol–water partition coefficient (Wildman–Crippen LogP) is 1.83. The second kappa shape index (κ2) is 7.40. The maximum Gasteiger partial charge on any atom is 0.240 e. The fraction of sp³-hybridized carbons (Fsp3) is 0.118. The number of nitrogens with two attached hydrogens (primary N) is 1. The van der Waals surface area contributed by atoms with Crippen molar-refractivity contribution in [2.75, 3.05) is 0 Å². The Kier molecular flexibility index (Phi) is 5.21. The predicted molar refractivity (Wildman–Crippen MR) is 99.8 cm³/mol. The van der Waals surface area contributed by atoms with E-state index in [4.69, 9.17) is 5.14 Å². The standard InChI is InChI=1S/C17H15N3O4S2/c18-26(23,24)13-8-6-12(7-9-13)19-17-20-16(22)15(25-17)10-14(21)11-4-2-1-3-5-11/h1-9,15H,10H2,(H2,18,23,24)(H,19,20,22). The molecule has 0 aromatic heterocycles. The van der Waals surface area contributed by atoms with Gasteiger partial charge in [0.2, 0.25) is 15.9 Å². The molecule has 0 spiro atoms. The van der Waals surface area contributed by atoms with Crippen molar-refractivity contribution in [3.05, 3.63) is 60.2 Å². The lowest BCUT2D eigenvalue weighted by atomic mass is 10.1. The highest BCUT2D eigenvalue weighted by molar-refractivity contribution is 8.15. The number of aliphatic imine (C=N–C) groups is 1. The number of benzene rings is 2. The number of hydrogen-bond acceptors (Lipinski definition) is 6. The van der Waals surface area contributed by atoms with Gasteiger partial charge < -0.3 is 5.32 Å². The molecule has 0 aliphatic carbocycles. The first-order chi connectivity index (χ1) is 12.3. The summed E-state index contributed by atoms with van der Waals surface area (Å²) in [6.45, 7) is 0. The molecule has 1 aliphatic heterocycles. The Morgan fingerprint density at radius 1 is 1.12 bits per heavy atom. The highest BCUT2D eigenvalue weighted by atomic mass is 32.2. The van der Waals surface area contributed by atoms with E-state index < -0.39 is 15.3 Å². The quantitative estimate of drug-likeness (QED) is 0.756. The average molecular weight is 389 g/mol.